The Bertz CT molecular complexity index is 705. The van der Waals surface area contributed by atoms with Gasteiger partial charge >= 0.3 is 5.63 Å². The van der Waals surface area contributed by atoms with Gasteiger partial charge in [0, 0.05) is 24.5 Å². The summed E-state index contributed by atoms with van der Waals surface area (Å²) in [5.41, 5.74) is 2.45. The molecule has 0 spiro atoms. The highest BCUT2D eigenvalue weighted by molar-refractivity contribution is 5.80. The Labute approximate surface area is 124 Å². The van der Waals surface area contributed by atoms with Crippen LogP contribution in [0, 0.1) is 12.8 Å². The second-order valence-corrected chi connectivity index (χ2v) is 6.11. The van der Waals surface area contributed by atoms with Gasteiger partial charge in [-0.1, -0.05) is 12.1 Å². The van der Waals surface area contributed by atoms with E-state index < -0.39 is 0 Å². The quantitative estimate of drug-likeness (QED) is 0.880. The van der Waals surface area contributed by atoms with Crippen LogP contribution in [0.2, 0.25) is 0 Å². The van der Waals surface area contributed by atoms with Crippen molar-refractivity contribution in [3.8, 4) is 0 Å². The van der Waals surface area contributed by atoms with E-state index in [1.807, 2.05) is 32.0 Å². The van der Waals surface area contributed by atoms with E-state index >= 15 is 0 Å². The van der Waals surface area contributed by atoms with E-state index in [9.17, 15) is 9.90 Å². The van der Waals surface area contributed by atoms with Crippen LogP contribution in [0.3, 0.4) is 0 Å². The van der Waals surface area contributed by atoms with Crippen molar-refractivity contribution in [3.05, 3.63) is 45.8 Å². The number of hydrogen-bond acceptors (Lipinski definition) is 4. The van der Waals surface area contributed by atoms with Crippen LogP contribution < -0.4 is 5.63 Å². The van der Waals surface area contributed by atoms with Crippen molar-refractivity contribution in [1.29, 1.82) is 0 Å². The minimum absolute atomic E-state index is 0.268. The van der Waals surface area contributed by atoms with Crippen LogP contribution in [0.5, 0.6) is 0 Å². The molecule has 0 amide bonds. The molecule has 21 heavy (non-hydrogen) atoms. The van der Waals surface area contributed by atoms with Crippen molar-refractivity contribution in [2.45, 2.75) is 32.9 Å². The molecule has 2 aromatic rings. The standard InChI is InChI=1S/C17H21NO3/c1-11-3-4-15-14(8-17(20)21-16(15)7-11)10-18-6-5-13(9-18)12(2)19/h3-4,7-8,12-13,19H,5-6,9-10H2,1-2H3. The molecule has 1 aliphatic rings. The number of aliphatic hydroxyl groups excluding tert-OH is 1. The lowest BCUT2D eigenvalue weighted by Crippen LogP contribution is -2.24. The van der Waals surface area contributed by atoms with Crippen molar-refractivity contribution in [2.75, 3.05) is 13.1 Å². The zero-order valence-electron chi connectivity index (χ0n) is 12.5. The number of aliphatic hydroxyl groups is 1. The van der Waals surface area contributed by atoms with Gasteiger partial charge in [0.15, 0.2) is 0 Å². The largest absolute Gasteiger partial charge is 0.423 e. The van der Waals surface area contributed by atoms with Gasteiger partial charge in [-0.15, -0.1) is 0 Å². The summed E-state index contributed by atoms with van der Waals surface area (Å²) in [5, 5.41) is 10.7. The van der Waals surface area contributed by atoms with Gasteiger partial charge in [0.1, 0.15) is 5.58 Å². The molecule has 0 saturated carbocycles. The van der Waals surface area contributed by atoms with Crippen molar-refractivity contribution in [2.24, 2.45) is 5.92 Å². The van der Waals surface area contributed by atoms with Crippen molar-refractivity contribution >= 4 is 11.0 Å². The van der Waals surface area contributed by atoms with Crippen LogP contribution in [0.25, 0.3) is 11.0 Å². The van der Waals surface area contributed by atoms with Gasteiger partial charge in [-0.3, -0.25) is 4.90 Å². The van der Waals surface area contributed by atoms with E-state index in [0.29, 0.717) is 11.5 Å². The molecule has 0 radical (unpaired) electrons. The van der Waals surface area contributed by atoms with Crippen molar-refractivity contribution in [3.63, 3.8) is 0 Å². The molecular weight excluding hydrogens is 266 g/mol. The Kier molecular flexibility index (Phi) is 3.83. The molecule has 2 heterocycles. The molecule has 1 aromatic heterocycles. The zero-order valence-corrected chi connectivity index (χ0v) is 12.5. The maximum atomic E-state index is 11.7. The van der Waals surface area contributed by atoms with E-state index in [1.54, 1.807) is 6.07 Å². The van der Waals surface area contributed by atoms with Gasteiger partial charge in [-0.2, -0.15) is 0 Å². The Balaban J connectivity index is 1.89. The molecule has 4 nitrogen and oxygen atoms in total. The minimum atomic E-state index is -0.297. The maximum Gasteiger partial charge on any atom is 0.336 e. The fourth-order valence-corrected chi connectivity index (χ4v) is 3.11. The Morgan fingerprint density at radius 3 is 2.95 bits per heavy atom. The monoisotopic (exact) mass is 287 g/mol. The topological polar surface area (TPSA) is 53.7 Å². The van der Waals surface area contributed by atoms with Crippen molar-refractivity contribution in [1.82, 2.24) is 4.90 Å². The molecule has 2 atom stereocenters. The minimum Gasteiger partial charge on any atom is -0.423 e. The van der Waals surface area contributed by atoms with Gasteiger partial charge in [0.25, 0.3) is 0 Å². The molecular formula is C17H21NO3. The molecule has 0 aliphatic carbocycles. The number of nitrogens with zero attached hydrogens (tertiary/aromatic N) is 1. The van der Waals surface area contributed by atoms with Crippen LogP contribution in [0.4, 0.5) is 0 Å². The number of likely N-dealkylation sites (tertiary alicyclic amines) is 1. The highest BCUT2D eigenvalue weighted by Crippen LogP contribution is 2.24. The van der Waals surface area contributed by atoms with Gasteiger partial charge in [-0.25, -0.2) is 4.79 Å². The smallest absolute Gasteiger partial charge is 0.336 e. The van der Waals surface area contributed by atoms with Crippen LogP contribution in [-0.2, 0) is 6.54 Å². The Morgan fingerprint density at radius 2 is 2.24 bits per heavy atom. The van der Waals surface area contributed by atoms with E-state index in [2.05, 4.69) is 4.90 Å². The lowest BCUT2D eigenvalue weighted by Gasteiger charge is -2.18. The summed E-state index contributed by atoms with van der Waals surface area (Å²) < 4.78 is 5.29. The van der Waals surface area contributed by atoms with Gasteiger partial charge in [0.05, 0.1) is 6.10 Å². The molecule has 1 aliphatic heterocycles. The van der Waals surface area contributed by atoms with Gasteiger partial charge in [0.2, 0.25) is 0 Å². The highest BCUT2D eigenvalue weighted by Gasteiger charge is 2.26. The first-order chi connectivity index (χ1) is 10.0. The molecule has 112 valence electrons. The van der Waals surface area contributed by atoms with E-state index in [1.165, 1.54) is 0 Å². The number of fused-ring (bicyclic) bond motifs is 1. The molecule has 1 N–H and O–H groups in total. The summed E-state index contributed by atoms with van der Waals surface area (Å²) in [5.74, 6) is 0.332. The normalized spacial score (nSPS) is 21.0. The SMILES string of the molecule is Cc1ccc2c(CN3CCC(C(C)O)C3)cc(=O)oc2c1. The molecule has 0 bridgehead atoms. The first kappa shape index (κ1) is 14.3. The average molecular weight is 287 g/mol. The van der Waals surface area contributed by atoms with Crippen LogP contribution in [-0.4, -0.2) is 29.2 Å². The predicted molar refractivity (Wildman–Crippen MR) is 82.3 cm³/mol. The summed E-state index contributed by atoms with van der Waals surface area (Å²) in [6.45, 7) is 6.41. The number of rotatable bonds is 3. The molecule has 1 fully saturated rings. The van der Waals surface area contributed by atoms with Gasteiger partial charge in [-0.05, 0) is 49.9 Å². The molecule has 4 heteroatoms. The summed E-state index contributed by atoms with van der Waals surface area (Å²) in [6, 6.07) is 7.55. The molecule has 2 unspecified atom stereocenters. The van der Waals surface area contributed by atoms with E-state index in [0.717, 1.165) is 42.6 Å². The fourth-order valence-electron chi connectivity index (χ4n) is 3.11. The first-order valence-corrected chi connectivity index (χ1v) is 7.47. The molecule has 1 aromatic carbocycles. The third-order valence-electron chi connectivity index (χ3n) is 4.37. The first-order valence-electron chi connectivity index (χ1n) is 7.47. The second kappa shape index (κ2) is 5.62. The number of aryl methyl sites for hydroxylation is 1. The highest BCUT2D eigenvalue weighted by atomic mass is 16.4. The third kappa shape index (κ3) is 3.01. The average Bonchev–Trinajstić information content (AvgIpc) is 2.86. The molecule has 3 rings (SSSR count). The number of hydrogen-bond donors (Lipinski definition) is 1. The number of benzene rings is 1. The third-order valence-corrected chi connectivity index (χ3v) is 4.37. The Hall–Kier alpha value is -1.65. The van der Waals surface area contributed by atoms with Crippen molar-refractivity contribution < 1.29 is 9.52 Å². The van der Waals surface area contributed by atoms with Crippen LogP contribution in [0.1, 0.15) is 24.5 Å². The zero-order chi connectivity index (χ0) is 15.0. The fraction of sp³-hybridized carbons (Fsp3) is 0.471. The summed E-state index contributed by atoms with van der Waals surface area (Å²) in [7, 11) is 0. The maximum absolute atomic E-state index is 11.7. The van der Waals surface area contributed by atoms with Gasteiger partial charge < -0.3 is 9.52 Å². The summed E-state index contributed by atoms with van der Waals surface area (Å²) >= 11 is 0. The van der Waals surface area contributed by atoms with Crippen LogP contribution in [0.15, 0.2) is 33.5 Å². The van der Waals surface area contributed by atoms with E-state index in [4.69, 9.17) is 4.42 Å². The summed E-state index contributed by atoms with van der Waals surface area (Å²) in [4.78, 5) is 14.0. The van der Waals surface area contributed by atoms with E-state index in [-0.39, 0.29) is 11.7 Å². The molecule has 1 saturated heterocycles. The predicted octanol–water partition coefficient (Wildman–Crippen LogP) is 2.30. The summed E-state index contributed by atoms with van der Waals surface area (Å²) in [6.07, 6.45) is 0.742. The lowest BCUT2D eigenvalue weighted by molar-refractivity contribution is 0.127. The lowest BCUT2D eigenvalue weighted by atomic mass is 10.0. The van der Waals surface area contributed by atoms with Crippen LogP contribution >= 0.6 is 0 Å². The Morgan fingerprint density at radius 1 is 1.43 bits per heavy atom. The second-order valence-electron chi connectivity index (χ2n) is 6.11.